The first-order valence-corrected chi connectivity index (χ1v) is 10.3. The lowest BCUT2D eigenvalue weighted by Gasteiger charge is -2.32. The van der Waals surface area contributed by atoms with Crippen LogP contribution >= 0.6 is 0 Å². The van der Waals surface area contributed by atoms with Gasteiger partial charge in [-0.05, 0) is 70.0 Å². The Morgan fingerprint density at radius 1 is 1.03 bits per heavy atom. The van der Waals surface area contributed by atoms with Crippen LogP contribution in [0, 0.1) is 19.8 Å². The van der Waals surface area contributed by atoms with Gasteiger partial charge in [-0.1, -0.05) is 17.2 Å². The number of benzene rings is 2. The Kier molecular flexibility index (Phi) is 6.87. The number of likely N-dealkylation sites (tertiary alicyclic amines) is 1. The first-order chi connectivity index (χ1) is 14.4. The number of amides is 2. The standard InChI is InChI=1S/C24H28N2O4/c1-4-30-24(29)18-7-9-21(10-8-18)25-22(27)19-6-5-11-26(15-19)23(28)20-13-16(2)12-17(3)14-20/h7-10,12-14,19H,4-6,11,15H2,1-3H3,(H,25,27)/t19-/m0/s1. The third-order valence-corrected chi connectivity index (χ3v) is 5.21. The fourth-order valence-corrected chi connectivity index (χ4v) is 3.80. The fraction of sp³-hybridized carbons (Fsp3) is 0.375. The summed E-state index contributed by atoms with van der Waals surface area (Å²) in [5.41, 5.74) is 3.83. The summed E-state index contributed by atoms with van der Waals surface area (Å²) in [6, 6.07) is 12.5. The zero-order valence-corrected chi connectivity index (χ0v) is 17.7. The molecule has 1 heterocycles. The van der Waals surface area contributed by atoms with Gasteiger partial charge in [0.05, 0.1) is 18.1 Å². The van der Waals surface area contributed by atoms with E-state index < -0.39 is 0 Å². The molecule has 2 aromatic carbocycles. The van der Waals surface area contributed by atoms with E-state index >= 15 is 0 Å². The Bertz CT molecular complexity index is 916. The zero-order chi connectivity index (χ0) is 21.7. The minimum Gasteiger partial charge on any atom is -0.462 e. The molecule has 3 rings (SSSR count). The summed E-state index contributed by atoms with van der Waals surface area (Å²) in [4.78, 5) is 39.2. The average molecular weight is 408 g/mol. The first kappa shape index (κ1) is 21.6. The summed E-state index contributed by atoms with van der Waals surface area (Å²) in [5, 5.41) is 2.90. The third-order valence-electron chi connectivity index (χ3n) is 5.21. The molecule has 0 bridgehead atoms. The molecule has 6 nitrogen and oxygen atoms in total. The second-order valence-electron chi connectivity index (χ2n) is 7.75. The first-order valence-electron chi connectivity index (χ1n) is 10.3. The number of carbonyl (C=O) groups is 3. The molecule has 0 unspecified atom stereocenters. The van der Waals surface area contributed by atoms with E-state index in [1.54, 1.807) is 36.1 Å². The topological polar surface area (TPSA) is 75.7 Å². The largest absolute Gasteiger partial charge is 0.462 e. The molecular weight excluding hydrogens is 380 g/mol. The highest BCUT2D eigenvalue weighted by atomic mass is 16.5. The number of hydrogen-bond acceptors (Lipinski definition) is 4. The fourth-order valence-electron chi connectivity index (χ4n) is 3.80. The van der Waals surface area contributed by atoms with Gasteiger partial charge in [-0.3, -0.25) is 9.59 Å². The van der Waals surface area contributed by atoms with Crippen molar-refractivity contribution >= 4 is 23.5 Å². The normalized spacial score (nSPS) is 16.1. The number of nitrogens with one attached hydrogen (secondary N) is 1. The number of piperidine rings is 1. The summed E-state index contributed by atoms with van der Waals surface area (Å²) in [6.07, 6.45) is 1.53. The van der Waals surface area contributed by atoms with Crippen LogP contribution in [-0.2, 0) is 9.53 Å². The number of nitrogens with zero attached hydrogens (tertiary/aromatic N) is 1. The molecule has 158 valence electrons. The molecule has 0 aromatic heterocycles. The molecule has 0 saturated carbocycles. The molecule has 2 amide bonds. The van der Waals surface area contributed by atoms with Gasteiger partial charge >= 0.3 is 5.97 Å². The maximum absolute atomic E-state index is 12.9. The van der Waals surface area contributed by atoms with E-state index in [1.165, 1.54) is 0 Å². The second-order valence-corrected chi connectivity index (χ2v) is 7.75. The molecular formula is C24H28N2O4. The van der Waals surface area contributed by atoms with Gasteiger partial charge in [-0.2, -0.15) is 0 Å². The number of rotatable bonds is 5. The monoisotopic (exact) mass is 408 g/mol. The Hall–Kier alpha value is -3.15. The molecule has 1 saturated heterocycles. The van der Waals surface area contributed by atoms with Gasteiger partial charge in [-0.25, -0.2) is 4.79 Å². The second kappa shape index (κ2) is 9.57. The van der Waals surface area contributed by atoms with Crippen molar-refractivity contribution in [3.05, 3.63) is 64.7 Å². The Morgan fingerprint density at radius 2 is 1.70 bits per heavy atom. The predicted octanol–water partition coefficient (Wildman–Crippen LogP) is 3.97. The molecule has 1 N–H and O–H groups in total. The molecule has 30 heavy (non-hydrogen) atoms. The Labute approximate surface area is 177 Å². The van der Waals surface area contributed by atoms with E-state index in [9.17, 15) is 14.4 Å². The Morgan fingerprint density at radius 3 is 2.33 bits per heavy atom. The van der Waals surface area contributed by atoms with Crippen LogP contribution in [0.4, 0.5) is 5.69 Å². The van der Waals surface area contributed by atoms with Crippen LogP contribution in [-0.4, -0.2) is 42.4 Å². The number of carbonyl (C=O) groups excluding carboxylic acids is 3. The quantitative estimate of drug-likeness (QED) is 0.760. The van der Waals surface area contributed by atoms with Crippen molar-refractivity contribution in [1.82, 2.24) is 4.90 Å². The lowest BCUT2D eigenvalue weighted by atomic mass is 9.96. The van der Waals surface area contributed by atoms with E-state index in [0.29, 0.717) is 36.5 Å². The highest BCUT2D eigenvalue weighted by Gasteiger charge is 2.29. The van der Waals surface area contributed by atoms with Gasteiger partial charge in [0.25, 0.3) is 5.91 Å². The summed E-state index contributed by atoms with van der Waals surface area (Å²) >= 11 is 0. The van der Waals surface area contributed by atoms with Crippen LogP contribution in [0.3, 0.4) is 0 Å². The third kappa shape index (κ3) is 5.26. The number of aryl methyl sites for hydroxylation is 2. The smallest absolute Gasteiger partial charge is 0.338 e. The van der Waals surface area contributed by atoms with Gasteiger partial charge < -0.3 is 15.0 Å². The van der Waals surface area contributed by atoms with Gasteiger partial charge in [0.15, 0.2) is 0 Å². The van der Waals surface area contributed by atoms with Gasteiger partial charge in [0.1, 0.15) is 0 Å². The van der Waals surface area contributed by atoms with Crippen LogP contribution in [0.15, 0.2) is 42.5 Å². The predicted molar refractivity (Wildman–Crippen MR) is 116 cm³/mol. The van der Waals surface area contributed by atoms with E-state index in [4.69, 9.17) is 4.74 Å². The molecule has 1 aliphatic rings. The Balaban J connectivity index is 1.62. The van der Waals surface area contributed by atoms with Crippen molar-refractivity contribution in [2.24, 2.45) is 5.92 Å². The maximum atomic E-state index is 12.9. The number of esters is 1. The van der Waals surface area contributed by atoms with Crippen molar-refractivity contribution in [3.63, 3.8) is 0 Å². The number of anilines is 1. The van der Waals surface area contributed by atoms with Crippen LogP contribution in [0.5, 0.6) is 0 Å². The van der Waals surface area contributed by atoms with Crippen molar-refractivity contribution in [3.8, 4) is 0 Å². The van der Waals surface area contributed by atoms with Crippen molar-refractivity contribution in [2.45, 2.75) is 33.6 Å². The van der Waals surface area contributed by atoms with Crippen LogP contribution < -0.4 is 5.32 Å². The van der Waals surface area contributed by atoms with E-state index in [2.05, 4.69) is 5.32 Å². The molecule has 0 spiro atoms. The minimum atomic E-state index is -0.386. The summed E-state index contributed by atoms with van der Waals surface area (Å²) < 4.78 is 4.97. The summed E-state index contributed by atoms with van der Waals surface area (Å²) in [5.74, 6) is -0.795. The molecule has 6 heteroatoms. The van der Waals surface area contributed by atoms with E-state index in [0.717, 1.165) is 24.0 Å². The molecule has 1 atom stereocenters. The molecule has 0 aliphatic carbocycles. The molecule has 1 aliphatic heterocycles. The summed E-state index contributed by atoms with van der Waals surface area (Å²) in [7, 11) is 0. The molecule has 2 aromatic rings. The van der Waals surface area contributed by atoms with Crippen molar-refractivity contribution < 1.29 is 19.1 Å². The van der Waals surface area contributed by atoms with Gasteiger partial charge in [0.2, 0.25) is 5.91 Å². The minimum absolute atomic E-state index is 0.0295. The SMILES string of the molecule is CCOC(=O)c1ccc(NC(=O)[C@H]2CCCN(C(=O)c3cc(C)cc(C)c3)C2)cc1. The van der Waals surface area contributed by atoms with Crippen LogP contribution in [0.1, 0.15) is 51.6 Å². The molecule has 1 fully saturated rings. The number of hydrogen-bond donors (Lipinski definition) is 1. The van der Waals surface area contributed by atoms with Crippen LogP contribution in [0.25, 0.3) is 0 Å². The lowest BCUT2D eigenvalue weighted by molar-refractivity contribution is -0.121. The number of ether oxygens (including phenoxy) is 1. The van der Waals surface area contributed by atoms with Crippen LogP contribution in [0.2, 0.25) is 0 Å². The van der Waals surface area contributed by atoms with E-state index in [1.807, 2.05) is 32.0 Å². The maximum Gasteiger partial charge on any atom is 0.338 e. The van der Waals surface area contributed by atoms with Gasteiger partial charge in [0, 0.05) is 24.3 Å². The molecule has 0 radical (unpaired) electrons. The van der Waals surface area contributed by atoms with Crippen molar-refractivity contribution in [1.29, 1.82) is 0 Å². The summed E-state index contributed by atoms with van der Waals surface area (Å²) in [6.45, 7) is 7.08. The lowest BCUT2D eigenvalue weighted by Crippen LogP contribution is -2.43. The van der Waals surface area contributed by atoms with Crippen molar-refractivity contribution in [2.75, 3.05) is 25.0 Å². The highest BCUT2D eigenvalue weighted by molar-refractivity contribution is 5.97. The van der Waals surface area contributed by atoms with Gasteiger partial charge in [-0.15, -0.1) is 0 Å². The zero-order valence-electron chi connectivity index (χ0n) is 17.7. The average Bonchev–Trinajstić information content (AvgIpc) is 2.73. The highest BCUT2D eigenvalue weighted by Crippen LogP contribution is 2.22. The van der Waals surface area contributed by atoms with E-state index in [-0.39, 0.29) is 23.7 Å².